The Labute approximate surface area is 173 Å². The van der Waals surface area contributed by atoms with Crippen molar-refractivity contribution in [2.75, 3.05) is 11.1 Å². The molecule has 0 radical (unpaired) electrons. The van der Waals surface area contributed by atoms with E-state index in [4.69, 9.17) is 0 Å². The number of thioether (sulfide) groups is 1. The highest BCUT2D eigenvalue weighted by Gasteiger charge is 2.19. The predicted molar refractivity (Wildman–Crippen MR) is 113 cm³/mol. The largest absolute Gasteiger partial charge is 0.325 e. The molecule has 1 N–H and O–H groups in total. The van der Waals surface area contributed by atoms with Crippen LogP contribution in [0.1, 0.15) is 37.9 Å². The Balaban J connectivity index is 1.58. The standard InChI is InChI=1S/C20H25N5O3S/c1-2-12-24-18(13-15-6-4-3-5-7-15)22-23-20(24)29-14-19(26)21-16-8-10-17(11-9-16)25(27)28/h2,8-11,15H,1,3-7,12-14H2,(H,21,26). The third-order valence-corrected chi connectivity index (χ3v) is 5.96. The maximum absolute atomic E-state index is 12.3. The van der Waals surface area contributed by atoms with E-state index < -0.39 is 4.92 Å². The molecule has 1 heterocycles. The number of carbonyl (C=O) groups is 1. The lowest BCUT2D eigenvalue weighted by Gasteiger charge is -2.21. The number of nitrogens with zero attached hydrogens (tertiary/aromatic N) is 4. The Morgan fingerprint density at radius 1 is 1.28 bits per heavy atom. The number of amides is 1. The van der Waals surface area contributed by atoms with Crippen LogP contribution in [-0.4, -0.2) is 31.3 Å². The Morgan fingerprint density at radius 2 is 2.00 bits per heavy atom. The van der Waals surface area contributed by atoms with Gasteiger partial charge in [-0.05, 0) is 18.1 Å². The normalized spacial score (nSPS) is 14.5. The fraction of sp³-hybridized carbons (Fsp3) is 0.450. The molecule has 1 aromatic carbocycles. The molecule has 154 valence electrons. The summed E-state index contributed by atoms with van der Waals surface area (Å²) in [7, 11) is 0. The number of benzene rings is 1. The molecule has 0 spiro atoms. The average molecular weight is 416 g/mol. The molecule has 1 aliphatic carbocycles. The van der Waals surface area contributed by atoms with Crippen molar-refractivity contribution in [3.63, 3.8) is 0 Å². The lowest BCUT2D eigenvalue weighted by molar-refractivity contribution is -0.384. The molecular formula is C20H25N5O3S. The molecule has 1 aliphatic rings. The summed E-state index contributed by atoms with van der Waals surface area (Å²) in [6.07, 6.45) is 9.09. The van der Waals surface area contributed by atoms with Gasteiger partial charge in [-0.1, -0.05) is 49.9 Å². The van der Waals surface area contributed by atoms with Crippen molar-refractivity contribution in [1.29, 1.82) is 0 Å². The van der Waals surface area contributed by atoms with Gasteiger partial charge in [-0.15, -0.1) is 16.8 Å². The Bertz CT molecular complexity index is 860. The molecule has 0 bridgehead atoms. The van der Waals surface area contributed by atoms with E-state index in [1.165, 1.54) is 68.1 Å². The van der Waals surface area contributed by atoms with E-state index in [-0.39, 0.29) is 17.3 Å². The van der Waals surface area contributed by atoms with E-state index in [2.05, 4.69) is 22.1 Å². The number of hydrogen-bond acceptors (Lipinski definition) is 6. The van der Waals surface area contributed by atoms with Crippen LogP contribution < -0.4 is 5.32 Å². The van der Waals surface area contributed by atoms with Crippen LogP contribution in [0.2, 0.25) is 0 Å². The molecular weight excluding hydrogens is 390 g/mol. The van der Waals surface area contributed by atoms with Gasteiger partial charge in [-0.25, -0.2) is 0 Å². The van der Waals surface area contributed by atoms with E-state index >= 15 is 0 Å². The van der Waals surface area contributed by atoms with Gasteiger partial charge in [0.15, 0.2) is 5.16 Å². The Hall–Kier alpha value is -2.68. The monoisotopic (exact) mass is 415 g/mol. The van der Waals surface area contributed by atoms with Crippen LogP contribution in [0.15, 0.2) is 42.1 Å². The first-order valence-electron chi connectivity index (χ1n) is 9.77. The number of rotatable bonds is 9. The number of carbonyl (C=O) groups excluding carboxylic acids is 1. The smallest absolute Gasteiger partial charge is 0.269 e. The second-order valence-corrected chi connectivity index (χ2v) is 8.09. The number of nitro groups is 1. The molecule has 29 heavy (non-hydrogen) atoms. The number of aromatic nitrogens is 3. The molecule has 1 saturated carbocycles. The van der Waals surface area contributed by atoms with Gasteiger partial charge in [0.25, 0.3) is 5.69 Å². The van der Waals surface area contributed by atoms with Gasteiger partial charge in [-0.2, -0.15) is 0 Å². The van der Waals surface area contributed by atoms with Crippen LogP contribution in [0.4, 0.5) is 11.4 Å². The number of nitro benzene ring substituents is 1. The van der Waals surface area contributed by atoms with Crippen LogP contribution in [0.5, 0.6) is 0 Å². The zero-order chi connectivity index (χ0) is 20.6. The van der Waals surface area contributed by atoms with E-state index in [9.17, 15) is 14.9 Å². The Kier molecular flexibility index (Phi) is 7.40. The van der Waals surface area contributed by atoms with E-state index in [1.54, 1.807) is 0 Å². The second-order valence-electron chi connectivity index (χ2n) is 7.15. The molecule has 0 aliphatic heterocycles. The third-order valence-electron chi connectivity index (χ3n) is 5.00. The summed E-state index contributed by atoms with van der Waals surface area (Å²) >= 11 is 1.33. The highest BCUT2D eigenvalue weighted by atomic mass is 32.2. The van der Waals surface area contributed by atoms with E-state index in [1.807, 2.05) is 10.6 Å². The van der Waals surface area contributed by atoms with Gasteiger partial charge < -0.3 is 9.88 Å². The first-order chi connectivity index (χ1) is 14.1. The first kappa shape index (κ1) is 21.0. The molecule has 2 aromatic rings. The van der Waals surface area contributed by atoms with Crippen LogP contribution in [0.25, 0.3) is 0 Å². The van der Waals surface area contributed by atoms with Gasteiger partial charge in [0, 0.05) is 30.8 Å². The zero-order valence-electron chi connectivity index (χ0n) is 16.2. The van der Waals surface area contributed by atoms with E-state index in [0.29, 0.717) is 23.3 Å². The van der Waals surface area contributed by atoms with Crippen molar-refractivity contribution in [2.24, 2.45) is 5.92 Å². The molecule has 8 nitrogen and oxygen atoms in total. The SMILES string of the molecule is C=CCn1c(CC2CCCCC2)nnc1SCC(=O)Nc1ccc([N+](=O)[O-])cc1. The fourth-order valence-corrected chi connectivity index (χ4v) is 4.30. The summed E-state index contributed by atoms with van der Waals surface area (Å²) in [6.45, 7) is 4.43. The number of non-ortho nitro benzene ring substituents is 1. The van der Waals surface area contributed by atoms with Gasteiger partial charge in [0.1, 0.15) is 5.82 Å². The quantitative estimate of drug-likeness (QED) is 0.285. The minimum Gasteiger partial charge on any atom is -0.325 e. The van der Waals surface area contributed by atoms with Crippen molar-refractivity contribution in [3.05, 3.63) is 52.9 Å². The van der Waals surface area contributed by atoms with E-state index in [0.717, 1.165) is 12.2 Å². The summed E-state index contributed by atoms with van der Waals surface area (Å²) in [4.78, 5) is 22.5. The maximum atomic E-state index is 12.3. The maximum Gasteiger partial charge on any atom is 0.269 e. The topological polar surface area (TPSA) is 103 Å². The lowest BCUT2D eigenvalue weighted by atomic mass is 9.87. The van der Waals surface area contributed by atoms with Gasteiger partial charge >= 0.3 is 0 Å². The van der Waals surface area contributed by atoms with Crippen molar-refractivity contribution < 1.29 is 9.72 Å². The van der Waals surface area contributed by atoms with Gasteiger partial charge in [0.05, 0.1) is 10.7 Å². The van der Waals surface area contributed by atoms with Crippen LogP contribution in [-0.2, 0) is 17.8 Å². The van der Waals surface area contributed by atoms with Crippen LogP contribution in [0, 0.1) is 16.0 Å². The Morgan fingerprint density at radius 3 is 2.66 bits per heavy atom. The molecule has 9 heteroatoms. The van der Waals surface area contributed by atoms with Crippen molar-refractivity contribution in [3.8, 4) is 0 Å². The highest BCUT2D eigenvalue weighted by molar-refractivity contribution is 7.99. The summed E-state index contributed by atoms with van der Waals surface area (Å²) < 4.78 is 2.03. The number of allylic oxidation sites excluding steroid dienone is 1. The molecule has 0 atom stereocenters. The number of nitrogens with one attached hydrogen (secondary N) is 1. The highest BCUT2D eigenvalue weighted by Crippen LogP contribution is 2.27. The van der Waals surface area contributed by atoms with Crippen LogP contribution in [0.3, 0.4) is 0 Å². The van der Waals surface area contributed by atoms with Crippen LogP contribution >= 0.6 is 11.8 Å². The summed E-state index contributed by atoms with van der Waals surface area (Å²) in [5.41, 5.74) is 0.507. The van der Waals surface area contributed by atoms with Crippen molar-refractivity contribution in [1.82, 2.24) is 14.8 Å². The summed E-state index contributed by atoms with van der Waals surface area (Å²) in [6, 6.07) is 5.76. The minimum absolute atomic E-state index is 0.0135. The average Bonchev–Trinajstić information content (AvgIpc) is 3.09. The van der Waals surface area contributed by atoms with Gasteiger partial charge in [-0.3, -0.25) is 14.9 Å². The fourth-order valence-electron chi connectivity index (χ4n) is 3.53. The molecule has 3 rings (SSSR count). The zero-order valence-corrected chi connectivity index (χ0v) is 17.1. The molecule has 1 amide bonds. The third kappa shape index (κ3) is 5.90. The second kappa shape index (κ2) is 10.2. The van der Waals surface area contributed by atoms with Crippen molar-refractivity contribution in [2.45, 2.75) is 50.2 Å². The summed E-state index contributed by atoms with van der Waals surface area (Å²) in [5.74, 6) is 1.58. The first-order valence-corrected chi connectivity index (χ1v) is 10.8. The molecule has 0 saturated heterocycles. The molecule has 0 unspecified atom stereocenters. The number of anilines is 1. The number of hydrogen-bond donors (Lipinski definition) is 1. The van der Waals surface area contributed by atoms with Crippen molar-refractivity contribution >= 4 is 29.0 Å². The summed E-state index contributed by atoms with van der Waals surface area (Å²) in [5, 5.41) is 22.8. The molecule has 1 fully saturated rings. The van der Waals surface area contributed by atoms with Gasteiger partial charge in [0.2, 0.25) is 5.91 Å². The predicted octanol–water partition coefficient (Wildman–Crippen LogP) is 4.23. The lowest BCUT2D eigenvalue weighted by Crippen LogP contribution is -2.15. The minimum atomic E-state index is -0.473. The molecule has 1 aromatic heterocycles.